The number of nitrogens with two attached hydrogens (primary N) is 1. The van der Waals surface area contributed by atoms with Gasteiger partial charge in [-0.15, -0.1) is 11.3 Å². The van der Waals surface area contributed by atoms with Crippen LogP contribution in [0.3, 0.4) is 0 Å². The highest BCUT2D eigenvalue weighted by atomic mass is 32.1. The molecule has 1 saturated heterocycles. The van der Waals surface area contributed by atoms with E-state index in [-0.39, 0.29) is 5.91 Å². The first kappa shape index (κ1) is 23.7. The molecule has 1 aliphatic heterocycles. The molecule has 176 valence electrons. The molecule has 4 aromatic rings. The monoisotopic (exact) mass is 473 g/mol. The molecule has 0 atom stereocenters. The van der Waals surface area contributed by atoms with Gasteiger partial charge in [0.1, 0.15) is 0 Å². The molecule has 5 rings (SSSR count). The Morgan fingerprint density at radius 3 is 2.56 bits per heavy atom. The van der Waals surface area contributed by atoms with Crippen LogP contribution in [-0.4, -0.2) is 49.0 Å². The number of pyridine rings is 1. The van der Waals surface area contributed by atoms with Gasteiger partial charge < -0.3 is 20.9 Å². The molecule has 1 amide bonds. The summed E-state index contributed by atoms with van der Waals surface area (Å²) in [5.74, 6) is -0.224. The SMILES string of the molecule is CC.CN1CCN(c2ccc3cc(C(=O)Nc4cc(-c5cccs5)ccc4N)cnc3c2)CC1. The van der Waals surface area contributed by atoms with Crippen LogP contribution in [0.25, 0.3) is 21.3 Å². The quantitative estimate of drug-likeness (QED) is 0.379. The van der Waals surface area contributed by atoms with Crippen LogP contribution in [0.5, 0.6) is 0 Å². The van der Waals surface area contributed by atoms with E-state index in [1.165, 1.54) is 5.69 Å². The predicted molar refractivity (Wildman–Crippen MR) is 145 cm³/mol. The molecule has 3 heterocycles. The third-order valence-electron chi connectivity index (χ3n) is 5.91. The molecule has 0 unspecified atom stereocenters. The van der Waals surface area contributed by atoms with Gasteiger partial charge in [-0.1, -0.05) is 32.0 Å². The molecule has 34 heavy (non-hydrogen) atoms. The van der Waals surface area contributed by atoms with Gasteiger partial charge in [0.15, 0.2) is 0 Å². The Bertz CT molecular complexity index is 1260. The van der Waals surface area contributed by atoms with Crippen LogP contribution in [0.4, 0.5) is 17.1 Å². The Labute approximate surface area is 205 Å². The number of anilines is 3. The molecule has 2 aromatic carbocycles. The second kappa shape index (κ2) is 10.7. The van der Waals surface area contributed by atoms with Gasteiger partial charge in [0.05, 0.1) is 22.5 Å². The summed E-state index contributed by atoms with van der Waals surface area (Å²) < 4.78 is 0. The number of benzene rings is 2. The van der Waals surface area contributed by atoms with Crippen LogP contribution in [0.15, 0.2) is 66.2 Å². The van der Waals surface area contributed by atoms with E-state index in [1.54, 1.807) is 17.5 Å². The van der Waals surface area contributed by atoms with Crippen LogP contribution in [0.1, 0.15) is 24.2 Å². The summed E-state index contributed by atoms with van der Waals surface area (Å²) in [6, 6.07) is 17.9. The minimum Gasteiger partial charge on any atom is -0.397 e. The number of piperazine rings is 1. The van der Waals surface area contributed by atoms with Gasteiger partial charge in [0, 0.05) is 48.3 Å². The van der Waals surface area contributed by atoms with E-state index < -0.39 is 0 Å². The summed E-state index contributed by atoms with van der Waals surface area (Å²) >= 11 is 1.65. The molecule has 0 bridgehead atoms. The molecule has 0 spiro atoms. The number of rotatable bonds is 4. The predicted octanol–water partition coefficient (Wildman–Crippen LogP) is 5.58. The lowest BCUT2D eigenvalue weighted by Crippen LogP contribution is -2.44. The first-order valence-electron chi connectivity index (χ1n) is 11.6. The van der Waals surface area contributed by atoms with E-state index >= 15 is 0 Å². The van der Waals surface area contributed by atoms with Crippen molar-refractivity contribution in [3.05, 3.63) is 71.7 Å². The van der Waals surface area contributed by atoms with E-state index in [4.69, 9.17) is 5.73 Å². The summed E-state index contributed by atoms with van der Waals surface area (Å²) in [7, 11) is 2.15. The third-order valence-corrected chi connectivity index (χ3v) is 6.82. The largest absolute Gasteiger partial charge is 0.397 e. The van der Waals surface area contributed by atoms with Crippen LogP contribution < -0.4 is 16.0 Å². The summed E-state index contributed by atoms with van der Waals surface area (Å²) in [4.78, 5) is 23.3. The first-order valence-corrected chi connectivity index (χ1v) is 12.5. The molecule has 0 aliphatic carbocycles. The number of amides is 1. The summed E-state index contributed by atoms with van der Waals surface area (Å²) in [6.07, 6.45) is 1.63. The van der Waals surface area contributed by atoms with Crippen molar-refractivity contribution in [1.82, 2.24) is 9.88 Å². The zero-order valence-corrected chi connectivity index (χ0v) is 20.7. The van der Waals surface area contributed by atoms with Crippen molar-refractivity contribution in [2.45, 2.75) is 13.8 Å². The lowest BCUT2D eigenvalue weighted by molar-refractivity contribution is 0.102. The van der Waals surface area contributed by atoms with Crippen molar-refractivity contribution in [2.24, 2.45) is 0 Å². The van der Waals surface area contributed by atoms with Crippen LogP contribution in [0, 0.1) is 0 Å². The van der Waals surface area contributed by atoms with Crippen LogP contribution >= 0.6 is 11.3 Å². The van der Waals surface area contributed by atoms with E-state index in [9.17, 15) is 4.79 Å². The van der Waals surface area contributed by atoms with E-state index in [0.29, 0.717) is 16.9 Å². The number of nitrogen functional groups attached to an aromatic ring is 1. The van der Waals surface area contributed by atoms with Crippen LogP contribution in [-0.2, 0) is 0 Å². The fourth-order valence-electron chi connectivity index (χ4n) is 3.95. The minimum atomic E-state index is -0.224. The van der Waals surface area contributed by atoms with Crippen molar-refractivity contribution in [3.8, 4) is 10.4 Å². The first-order chi connectivity index (χ1) is 16.6. The standard InChI is InChI=1S/C25H25N5OS.C2H6/c1-29-8-10-30(11-9-29)20-6-4-17-13-19(16-27-22(17)15-20)25(31)28-23-14-18(5-7-21(23)26)24-3-2-12-32-24;1-2/h2-7,12-16H,8-11,26H2,1H3,(H,28,31);1-2H3. The van der Waals surface area contributed by atoms with Gasteiger partial charge in [0.25, 0.3) is 5.91 Å². The molecule has 7 heteroatoms. The number of carbonyl (C=O) groups excluding carboxylic acids is 1. The Morgan fingerprint density at radius 2 is 1.82 bits per heavy atom. The molecule has 3 N–H and O–H groups in total. The molecule has 6 nitrogen and oxygen atoms in total. The molecular formula is C27H31N5OS. The maximum absolute atomic E-state index is 12.9. The fourth-order valence-corrected chi connectivity index (χ4v) is 4.67. The highest BCUT2D eigenvalue weighted by Gasteiger charge is 2.16. The zero-order chi connectivity index (χ0) is 24.1. The topological polar surface area (TPSA) is 74.5 Å². The summed E-state index contributed by atoms with van der Waals surface area (Å²) in [5, 5.41) is 5.92. The number of hydrogen-bond acceptors (Lipinski definition) is 6. The molecule has 0 saturated carbocycles. The number of fused-ring (bicyclic) bond motifs is 1. The number of aromatic nitrogens is 1. The van der Waals surface area contributed by atoms with Crippen molar-refractivity contribution in [1.29, 1.82) is 0 Å². The smallest absolute Gasteiger partial charge is 0.257 e. The van der Waals surface area contributed by atoms with Crippen molar-refractivity contribution in [3.63, 3.8) is 0 Å². The van der Waals surface area contributed by atoms with Crippen molar-refractivity contribution in [2.75, 3.05) is 49.2 Å². The lowest BCUT2D eigenvalue weighted by Gasteiger charge is -2.34. The molecular weight excluding hydrogens is 442 g/mol. The average Bonchev–Trinajstić information content (AvgIpc) is 3.41. The fraction of sp³-hybridized carbons (Fsp3) is 0.259. The molecule has 2 aromatic heterocycles. The second-order valence-electron chi connectivity index (χ2n) is 8.12. The highest BCUT2D eigenvalue weighted by molar-refractivity contribution is 7.13. The Balaban J connectivity index is 0.00000133. The number of likely N-dealkylation sites (N-methyl/N-ethyl adjacent to an activating group) is 1. The van der Waals surface area contributed by atoms with Gasteiger partial charge in [-0.2, -0.15) is 0 Å². The third kappa shape index (κ3) is 5.21. The molecule has 1 aliphatic rings. The van der Waals surface area contributed by atoms with Gasteiger partial charge in [-0.25, -0.2) is 0 Å². The number of carbonyl (C=O) groups is 1. The highest BCUT2D eigenvalue weighted by Crippen LogP contribution is 2.30. The number of nitrogens with zero attached hydrogens (tertiary/aromatic N) is 3. The Morgan fingerprint density at radius 1 is 1.03 bits per heavy atom. The average molecular weight is 474 g/mol. The maximum atomic E-state index is 12.9. The van der Waals surface area contributed by atoms with E-state index in [2.05, 4.69) is 39.3 Å². The van der Waals surface area contributed by atoms with Crippen molar-refractivity contribution < 1.29 is 4.79 Å². The second-order valence-corrected chi connectivity index (χ2v) is 9.07. The number of nitrogens with one attached hydrogen (secondary N) is 1. The van der Waals surface area contributed by atoms with Crippen molar-refractivity contribution >= 4 is 45.2 Å². The van der Waals surface area contributed by atoms with Gasteiger partial charge >= 0.3 is 0 Å². The summed E-state index contributed by atoms with van der Waals surface area (Å²) in [5.41, 5.74) is 10.8. The summed E-state index contributed by atoms with van der Waals surface area (Å²) in [6.45, 7) is 8.13. The normalized spacial score (nSPS) is 13.9. The van der Waals surface area contributed by atoms with Gasteiger partial charge in [-0.05, 0) is 54.4 Å². The Hall–Kier alpha value is -3.42. The Kier molecular flexibility index (Phi) is 7.45. The number of hydrogen-bond donors (Lipinski definition) is 2. The number of thiophene rings is 1. The van der Waals surface area contributed by atoms with Crippen LogP contribution in [0.2, 0.25) is 0 Å². The minimum absolute atomic E-state index is 0.224. The zero-order valence-electron chi connectivity index (χ0n) is 19.9. The van der Waals surface area contributed by atoms with Gasteiger partial charge in [-0.3, -0.25) is 9.78 Å². The lowest BCUT2D eigenvalue weighted by atomic mass is 10.1. The van der Waals surface area contributed by atoms with Gasteiger partial charge in [0.2, 0.25) is 0 Å². The van der Waals surface area contributed by atoms with E-state index in [0.717, 1.165) is 47.5 Å². The maximum Gasteiger partial charge on any atom is 0.257 e. The molecule has 0 radical (unpaired) electrons. The molecule has 1 fully saturated rings. The van der Waals surface area contributed by atoms with E-state index in [1.807, 2.05) is 61.7 Å².